The van der Waals surface area contributed by atoms with E-state index in [2.05, 4.69) is 47.5 Å². The number of piperidine rings is 1. The molecule has 2 aliphatic heterocycles. The number of rotatable bonds is 5. The van der Waals surface area contributed by atoms with Gasteiger partial charge in [-0.15, -0.1) is 0 Å². The first kappa shape index (κ1) is 23.1. The summed E-state index contributed by atoms with van der Waals surface area (Å²) < 4.78 is 0. The Hall–Kier alpha value is -2.08. The summed E-state index contributed by atoms with van der Waals surface area (Å²) in [4.78, 5) is 29.7. The van der Waals surface area contributed by atoms with Gasteiger partial charge in [0.05, 0.1) is 16.6 Å². The highest BCUT2D eigenvalue weighted by atomic mass is 35.5. The third-order valence-electron chi connectivity index (χ3n) is 6.89. The lowest BCUT2D eigenvalue weighted by Gasteiger charge is -2.38. The molecule has 2 aromatic rings. The van der Waals surface area contributed by atoms with Crippen molar-refractivity contribution in [3.63, 3.8) is 0 Å². The van der Waals surface area contributed by atoms with Gasteiger partial charge in [0, 0.05) is 24.2 Å². The molecule has 0 unspecified atom stereocenters. The minimum absolute atomic E-state index is 0.0216. The van der Waals surface area contributed by atoms with Crippen molar-refractivity contribution in [3.05, 3.63) is 69.7 Å². The Morgan fingerprint density at radius 1 is 0.969 bits per heavy atom. The molecule has 0 bridgehead atoms. The largest absolute Gasteiger partial charge is 0.343 e. The maximum atomic E-state index is 12.8. The normalized spacial score (nSPS) is 22.2. The molecule has 2 heterocycles. The lowest BCUT2D eigenvalue weighted by molar-refractivity contribution is -0.131. The fourth-order valence-electron chi connectivity index (χ4n) is 5.05. The minimum Gasteiger partial charge on any atom is -0.343 e. The van der Waals surface area contributed by atoms with Gasteiger partial charge in [0.25, 0.3) is 5.91 Å². The van der Waals surface area contributed by atoms with Crippen LogP contribution in [-0.4, -0.2) is 59.9 Å². The van der Waals surface area contributed by atoms with Gasteiger partial charge in [0.2, 0.25) is 5.91 Å². The Morgan fingerprint density at radius 2 is 1.69 bits per heavy atom. The number of nitrogens with zero attached hydrogens (tertiary/aromatic N) is 2. The van der Waals surface area contributed by atoms with Crippen molar-refractivity contribution in [1.82, 2.24) is 15.1 Å². The number of halogens is 2. The fourth-order valence-corrected chi connectivity index (χ4v) is 5.35. The van der Waals surface area contributed by atoms with E-state index in [-0.39, 0.29) is 24.4 Å². The van der Waals surface area contributed by atoms with Gasteiger partial charge in [-0.25, -0.2) is 0 Å². The molecule has 4 rings (SSSR count). The smallest absolute Gasteiger partial charge is 0.251 e. The highest BCUT2D eigenvalue weighted by Gasteiger charge is 2.38. The zero-order valence-corrected chi connectivity index (χ0v) is 19.8. The predicted octanol–water partition coefficient (Wildman–Crippen LogP) is 4.59. The molecule has 32 heavy (non-hydrogen) atoms. The number of carbonyl (C=O) groups excluding carboxylic acids is 2. The molecule has 0 radical (unpaired) electrons. The van der Waals surface area contributed by atoms with E-state index >= 15 is 0 Å². The molecular weight excluding hydrogens is 445 g/mol. The molecule has 1 N–H and O–H groups in total. The summed E-state index contributed by atoms with van der Waals surface area (Å²) in [7, 11) is 0. The fraction of sp³-hybridized carbons (Fsp3) is 0.440. The van der Waals surface area contributed by atoms with E-state index in [0.717, 1.165) is 38.9 Å². The number of hydrogen-bond acceptors (Lipinski definition) is 3. The maximum absolute atomic E-state index is 12.8. The first-order valence-corrected chi connectivity index (χ1v) is 12.0. The third-order valence-corrected chi connectivity index (χ3v) is 7.63. The highest BCUT2D eigenvalue weighted by Crippen LogP contribution is 2.32. The Labute approximate surface area is 199 Å². The average Bonchev–Trinajstić information content (AvgIpc) is 3.21. The Morgan fingerprint density at radius 3 is 2.38 bits per heavy atom. The van der Waals surface area contributed by atoms with Gasteiger partial charge in [0.1, 0.15) is 0 Å². The van der Waals surface area contributed by atoms with E-state index in [1.54, 1.807) is 12.1 Å². The summed E-state index contributed by atoms with van der Waals surface area (Å²) in [6.07, 6.45) is 3.28. The average molecular weight is 474 g/mol. The minimum atomic E-state index is -0.330. The molecule has 2 saturated heterocycles. The standard InChI is InChI=1S/C25H29Cl2N3O2/c1-17-23(29-12-9-19(10-13-29)18-5-3-2-4-6-18)11-14-30(17)24(31)16-28-25(32)20-7-8-21(26)22(27)15-20/h2-8,15,17,19,23H,9-14,16H2,1H3,(H,28,32)/t17-,23+/m0/s1. The molecule has 7 heteroatoms. The van der Waals surface area contributed by atoms with Gasteiger partial charge in [-0.05, 0) is 69.0 Å². The summed E-state index contributed by atoms with van der Waals surface area (Å²) in [6, 6.07) is 16.0. The van der Waals surface area contributed by atoms with E-state index in [4.69, 9.17) is 23.2 Å². The molecule has 0 saturated carbocycles. The summed E-state index contributed by atoms with van der Waals surface area (Å²) >= 11 is 11.9. The molecule has 2 atom stereocenters. The molecule has 2 amide bonds. The Balaban J connectivity index is 1.27. The van der Waals surface area contributed by atoms with Crippen LogP contribution in [0.25, 0.3) is 0 Å². The van der Waals surface area contributed by atoms with Crippen molar-refractivity contribution in [3.8, 4) is 0 Å². The first-order chi connectivity index (χ1) is 15.4. The zero-order valence-electron chi connectivity index (χ0n) is 18.3. The van der Waals surface area contributed by atoms with Crippen LogP contribution in [0.3, 0.4) is 0 Å². The van der Waals surface area contributed by atoms with Crippen LogP contribution in [0.5, 0.6) is 0 Å². The summed E-state index contributed by atoms with van der Waals surface area (Å²) in [5, 5.41) is 3.43. The van der Waals surface area contributed by atoms with Crippen LogP contribution < -0.4 is 5.32 Å². The van der Waals surface area contributed by atoms with Crippen molar-refractivity contribution < 1.29 is 9.59 Å². The maximum Gasteiger partial charge on any atom is 0.251 e. The molecule has 2 aliphatic rings. The number of carbonyl (C=O) groups is 2. The number of hydrogen-bond donors (Lipinski definition) is 1. The first-order valence-electron chi connectivity index (χ1n) is 11.3. The van der Waals surface area contributed by atoms with Crippen molar-refractivity contribution in [2.75, 3.05) is 26.2 Å². The monoisotopic (exact) mass is 473 g/mol. The number of benzene rings is 2. The second kappa shape index (κ2) is 10.2. The van der Waals surface area contributed by atoms with Crippen molar-refractivity contribution in [1.29, 1.82) is 0 Å². The van der Waals surface area contributed by atoms with E-state index in [0.29, 0.717) is 27.6 Å². The molecule has 0 aliphatic carbocycles. The molecular formula is C25H29Cl2N3O2. The second-order valence-corrected chi connectivity index (χ2v) is 9.53. The molecule has 2 fully saturated rings. The molecule has 0 spiro atoms. The van der Waals surface area contributed by atoms with Crippen LogP contribution in [-0.2, 0) is 4.79 Å². The van der Waals surface area contributed by atoms with Gasteiger partial charge in [-0.3, -0.25) is 14.5 Å². The van der Waals surface area contributed by atoms with Crippen LogP contribution in [0.15, 0.2) is 48.5 Å². The highest BCUT2D eigenvalue weighted by molar-refractivity contribution is 6.42. The van der Waals surface area contributed by atoms with Crippen LogP contribution in [0, 0.1) is 0 Å². The van der Waals surface area contributed by atoms with Crippen molar-refractivity contribution in [2.45, 2.75) is 44.2 Å². The molecule has 0 aromatic heterocycles. The molecule has 5 nitrogen and oxygen atoms in total. The van der Waals surface area contributed by atoms with Gasteiger partial charge in [-0.2, -0.15) is 0 Å². The van der Waals surface area contributed by atoms with Gasteiger partial charge in [0.15, 0.2) is 0 Å². The predicted molar refractivity (Wildman–Crippen MR) is 128 cm³/mol. The van der Waals surface area contributed by atoms with Gasteiger partial charge < -0.3 is 10.2 Å². The number of likely N-dealkylation sites (tertiary alicyclic amines) is 2. The third kappa shape index (κ3) is 5.11. The lowest BCUT2D eigenvalue weighted by Crippen LogP contribution is -2.49. The van der Waals surface area contributed by atoms with Crippen LogP contribution in [0.4, 0.5) is 0 Å². The number of nitrogens with one attached hydrogen (secondary N) is 1. The van der Waals surface area contributed by atoms with Gasteiger partial charge >= 0.3 is 0 Å². The quantitative estimate of drug-likeness (QED) is 0.690. The van der Waals surface area contributed by atoms with Crippen LogP contribution in [0.1, 0.15) is 48.0 Å². The van der Waals surface area contributed by atoms with E-state index in [1.165, 1.54) is 11.6 Å². The molecule has 170 valence electrons. The molecule has 2 aromatic carbocycles. The zero-order chi connectivity index (χ0) is 22.7. The Kier molecular flexibility index (Phi) is 7.39. The SMILES string of the molecule is C[C@H]1[C@H](N2CCC(c3ccccc3)CC2)CCN1C(=O)CNC(=O)c1ccc(Cl)c(Cl)c1. The van der Waals surface area contributed by atoms with Crippen molar-refractivity contribution in [2.24, 2.45) is 0 Å². The van der Waals surface area contributed by atoms with E-state index in [9.17, 15) is 9.59 Å². The second-order valence-electron chi connectivity index (χ2n) is 8.72. The summed E-state index contributed by atoms with van der Waals surface area (Å²) in [5.74, 6) is 0.245. The van der Waals surface area contributed by atoms with E-state index < -0.39 is 0 Å². The topological polar surface area (TPSA) is 52.6 Å². The summed E-state index contributed by atoms with van der Waals surface area (Å²) in [5.41, 5.74) is 1.82. The number of amides is 2. The van der Waals surface area contributed by atoms with Crippen LogP contribution >= 0.6 is 23.2 Å². The van der Waals surface area contributed by atoms with Crippen molar-refractivity contribution >= 4 is 35.0 Å². The van der Waals surface area contributed by atoms with Gasteiger partial charge in [-0.1, -0.05) is 53.5 Å². The van der Waals surface area contributed by atoms with Crippen LogP contribution in [0.2, 0.25) is 10.0 Å². The van der Waals surface area contributed by atoms with E-state index in [1.807, 2.05) is 4.90 Å². The lowest BCUT2D eigenvalue weighted by atomic mass is 9.88. The summed E-state index contributed by atoms with van der Waals surface area (Å²) in [6.45, 7) is 4.95. The Bertz CT molecular complexity index is 961.